The van der Waals surface area contributed by atoms with Crippen molar-refractivity contribution in [3.63, 3.8) is 0 Å². The average molecular weight is 179 g/mol. The molecule has 0 aromatic heterocycles. The first-order valence-electron chi connectivity index (χ1n) is 4.53. The largest absolute Gasteiger partial charge is 0.508 e. The Morgan fingerprint density at radius 2 is 1.69 bits per heavy atom. The summed E-state index contributed by atoms with van der Waals surface area (Å²) < 4.78 is 0. The molecule has 0 saturated carbocycles. The van der Waals surface area contributed by atoms with Crippen molar-refractivity contribution in [2.24, 2.45) is 11.7 Å². The summed E-state index contributed by atoms with van der Waals surface area (Å²) in [6.45, 7) is 6.18. The molecule has 0 aliphatic carbocycles. The van der Waals surface area contributed by atoms with E-state index < -0.39 is 0 Å². The van der Waals surface area contributed by atoms with Crippen LogP contribution in [0.2, 0.25) is 0 Å². The molecule has 1 aromatic carbocycles. The van der Waals surface area contributed by atoms with Crippen LogP contribution in [0.5, 0.6) is 5.75 Å². The van der Waals surface area contributed by atoms with E-state index in [0.29, 0.717) is 5.92 Å². The van der Waals surface area contributed by atoms with Gasteiger partial charge >= 0.3 is 0 Å². The first-order chi connectivity index (χ1) is 5.94. The van der Waals surface area contributed by atoms with Crippen molar-refractivity contribution in [3.8, 4) is 5.75 Å². The normalized spacial score (nSPS) is 15.8. The number of phenols is 1. The summed E-state index contributed by atoms with van der Waals surface area (Å²) >= 11 is 0. The van der Waals surface area contributed by atoms with Crippen LogP contribution in [-0.2, 0) is 5.54 Å². The highest BCUT2D eigenvalue weighted by Crippen LogP contribution is 2.27. The number of hydrogen-bond donors (Lipinski definition) is 2. The monoisotopic (exact) mass is 179 g/mol. The topological polar surface area (TPSA) is 46.2 Å². The molecule has 0 spiro atoms. The Balaban J connectivity index is 3.01. The summed E-state index contributed by atoms with van der Waals surface area (Å²) in [6, 6.07) is 7.08. The summed E-state index contributed by atoms with van der Waals surface area (Å²) in [7, 11) is 0. The number of phenolic OH excluding ortho intramolecular Hbond substituents is 1. The Hall–Kier alpha value is -1.02. The van der Waals surface area contributed by atoms with Crippen molar-refractivity contribution in [1.82, 2.24) is 0 Å². The van der Waals surface area contributed by atoms with Gasteiger partial charge in [-0.15, -0.1) is 0 Å². The van der Waals surface area contributed by atoms with Crippen LogP contribution in [-0.4, -0.2) is 5.11 Å². The molecule has 1 aromatic rings. The third kappa shape index (κ3) is 2.01. The molecule has 2 nitrogen and oxygen atoms in total. The summed E-state index contributed by atoms with van der Waals surface area (Å²) in [6.07, 6.45) is 0. The predicted molar refractivity (Wildman–Crippen MR) is 54.5 cm³/mol. The van der Waals surface area contributed by atoms with E-state index in [4.69, 9.17) is 10.8 Å². The van der Waals surface area contributed by atoms with Gasteiger partial charge in [0.15, 0.2) is 0 Å². The summed E-state index contributed by atoms with van der Waals surface area (Å²) in [5, 5.41) is 9.12. The van der Waals surface area contributed by atoms with Crippen LogP contribution in [0.25, 0.3) is 0 Å². The number of hydrogen-bond acceptors (Lipinski definition) is 2. The van der Waals surface area contributed by atoms with Crippen molar-refractivity contribution in [3.05, 3.63) is 29.8 Å². The third-order valence-electron chi connectivity index (χ3n) is 2.69. The molecule has 0 aliphatic heterocycles. The molecule has 0 heterocycles. The molecule has 1 atom stereocenters. The smallest absolute Gasteiger partial charge is 0.115 e. The minimum Gasteiger partial charge on any atom is -0.508 e. The van der Waals surface area contributed by atoms with E-state index in [0.717, 1.165) is 5.56 Å². The molecule has 0 aliphatic rings. The molecule has 0 unspecified atom stereocenters. The van der Waals surface area contributed by atoms with Gasteiger partial charge in [-0.05, 0) is 30.5 Å². The fourth-order valence-electron chi connectivity index (χ4n) is 1.15. The van der Waals surface area contributed by atoms with Gasteiger partial charge in [0.05, 0.1) is 0 Å². The van der Waals surface area contributed by atoms with E-state index in [1.807, 2.05) is 19.1 Å². The molecular formula is C11H17NO. The summed E-state index contributed by atoms with van der Waals surface area (Å²) in [5.74, 6) is 0.653. The fraction of sp³-hybridized carbons (Fsp3) is 0.455. The molecule has 0 amide bonds. The Morgan fingerprint density at radius 3 is 2.08 bits per heavy atom. The van der Waals surface area contributed by atoms with Gasteiger partial charge in [0.1, 0.15) is 5.75 Å². The number of nitrogens with two attached hydrogens (primary N) is 1. The van der Waals surface area contributed by atoms with E-state index in [1.165, 1.54) is 0 Å². The molecule has 13 heavy (non-hydrogen) atoms. The van der Waals surface area contributed by atoms with Crippen LogP contribution in [0.4, 0.5) is 0 Å². The van der Waals surface area contributed by atoms with Gasteiger partial charge in [0, 0.05) is 5.54 Å². The van der Waals surface area contributed by atoms with Gasteiger partial charge in [0.25, 0.3) is 0 Å². The van der Waals surface area contributed by atoms with Gasteiger partial charge in [0.2, 0.25) is 0 Å². The van der Waals surface area contributed by atoms with E-state index in [9.17, 15) is 0 Å². The van der Waals surface area contributed by atoms with Crippen LogP contribution in [0.15, 0.2) is 24.3 Å². The quantitative estimate of drug-likeness (QED) is 0.731. The Kier molecular flexibility index (Phi) is 2.62. The number of rotatable bonds is 2. The maximum Gasteiger partial charge on any atom is 0.115 e. The molecular weight excluding hydrogens is 162 g/mol. The highest BCUT2D eigenvalue weighted by Gasteiger charge is 2.24. The highest BCUT2D eigenvalue weighted by atomic mass is 16.3. The molecule has 2 heteroatoms. The zero-order chi connectivity index (χ0) is 10.1. The van der Waals surface area contributed by atoms with Crippen LogP contribution >= 0.6 is 0 Å². The lowest BCUT2D eigenvalue weighted by Gasteiger charge is -2.29. The fourth-order valence-corrected chi connectivity index (χ4v) is 1.15. The summed E-state index contributed by atoms with van der Waals surface area (Å²) in [4.78, 5) is 0. The van der Waals surface area contributed by atoms with E-state index in [-0.39, 0.29) is 11.3 Å². The Bertz CT molecular complexity index is 275. The van der Waals surface area contributed by atoms with Crippen molar-refractivity contribution >= 4 is 0 Å². The molecule has 0 saturated heterocycles. The second-order valence-corrected chi connectivity index (χ2v) is 3.98. The molecule has 1 rings (SSSR count). The lowest BCUT2D eigenvalue weighted by atomic mass is 9.83. The minimum absolute atomic E-state index is 0.281. The maximum absolute atomic E-state index is 9.12. The minimum atomic E-state index is -0.326. The van der Waals surface area contributed by atoms with E-state index in [1.54, 1.807) is 12.1 Å². The van der Waals surface area contributed by atoms with Crippen molar-refractivity contribution in [1.29, 1.82) is 0 Å². The molecule has 72 valence electrons. The van der Waals surface area contributed by atoms with Crippen LogP contribution < -0.4 is 5.73 Å². The molecule has 0 fully saturated rings. The number of aromatic hydroxyl groups is 1. The van der Waals surface area contributed by atoms with Gasteiger partial charge in [-0.2, -0.15) is 0 Å². The standard InChI is InChI=1S/C11H17NO/c1-8(2)11(3,12)9-4-6-10(13)7-5-9/h4-8,13H,12H2,1-3H3/t11-/m0/s1. The van der Waals surface area contributed by atoms with Crippen molar-refractivity contribution in [2.75, 3.05) is 0 Å². The van der Waals surface area contributed by atoms with Crippen molar-refractivity contribution < 1.29 is 5.11 Å². The lowest BCUT2D eigenvalue weighted by molar-refractivity contribution is 0.350. The second-order valence-electron chi connectivity index (χ2n) is 3.98. The van der Waals surface area contributed by atoms with Crippen LogP contribution in [0.1, 0.15) is 26.3 Å². The Morgan fingerprint density at radius 1 is 1.23 bits per heavy atom. The zero-order valence-electron chi connectivity index (χ0n) is 8.41. The Labute approximate surface area is 79.4 Å². The molecule has 0 bridgehead atoms. The van der Waals surface area contributed by atoms with Crippen LogP contribution in [0.3, 0.4) is 0 Å². The first-order valence-corrected chi connectivity index (χ1v) is 4.53. The lowest BCUT2D eigenvalue weighted by Crippen LogP contribution is -2.38. The van der Waals surface area contributed by atoms with E-state index >= 15 is 0 Å². The highest BCUT2D eigenvalue weighted by molar-refractivity contribution is 5.30. The van der Waals surface area contributed by atoms with Gasteiger partial charge in [-0.25, -0.2) is 0 Å². The second kappa shape index (κ2) is 3.38. The zero-order valence-corrected chi connectivity index (χ0v) is 8.41. The van der Waals surface area contributed by atoms with Crippen LogP contribution in [0, 0.1) is 5.92 Å². The van der Waals surface area contributed by atoms with Gasteiger partial charge < -0.3 is 10.8 Å². The van der Waals surface area contributed by atoms with E-state index in [2.05, 4.69) is 13.8 Å². The van der Waals surface area contributed by atoms with Gasteiger partial charge in [-0.1, -0.05) is 26.0 Å². The molecule has 3 N–H and O–H groups in total. The predicted octanol–water partition coefficient (Wildman–Crippen LogP) is 2.22. The maximum atomic E-state index is 9.12. The third-order valence-corrected chi connectivity index (χ3v) is 2.69. The average Bonchev–Trinajstić information content (AvgIpc) is 2.04. The molecule has 0 radical (unpaired) electrons. The first kappa shape index (κ1) is 10.1. The van der Waals surface area contributed by atoms with Gasteiger partial charge in [-0.3, -0.25) is 0 Å². The number of benzene rings is 1. The summed E-state index contributed by atoms with van der Waals surface area (Å²) in [5.41, 5.74) is 6.88. The SMILES string of the molecule is CC(C)[C@](C)(N)c1ccc(O)cc1. The van der Waals surface area contributed by atoms with Crippen molar-refractivity contribution in [2.45, 2.75) is 26.3 Å².